The van der Waals surface area contributed by atoms with Gasteiger partial charge in [-0.25, -0.2) is 18.1 Å². The van der Waals surface area contributed by atoms with Gasteiger partial charge in [-0.1, -0.05) is 12.1 Å². The number of hydrogen-bond donors (Lipinski definition) is 3. The Labute approximate surface area is 159 Å². The highest BCUT2D eigenvalue weighted by molar-refractivity contribution is 7.89. The third kappa shape index (κ3) is 5.52. The van der Waals surface area contributed by atoms with Crippen LogP contribution in [0.25, 0.3) is 0 Å². The van der Waals surface area contributed by atoms with E-state index in [1.807, 2.05) is 6.92 Å². The fourth-order valence-electron chi connectivity index (χ4n) is 2.24. The number of benzene rings is 1. The molecule has 142 valence electrons. The summed E-state index contributed by atoms with van der Waals surface area (Å²) in [6.07, 6.45) is 0.844. The summed E-state index contributed by atoms with van der Waals surface area (Å²) in [5, 5.41) is 7.59. The maximum absolute atomic E-state index is 11.7. The van der Waals surface area contributed by atoms with E-state index in [0.717, 1.165) is 29.2 Å². The first-order chi connectivity index (χ1) is 12.4. The molecule has 0 bridgehead atoms. The zero-order valence-corrected chi connectivity index (χ0v) is 17.1. The van der Waals surface area contributed by atoms with Gasteiger partial charge in [0.05, 0.1) is 15.6 Å². The number of hydrogen-bond acceptors (Lipinski definition) is 5. The molecule has 26 heavy (non-hydrogen) atoms. The van der Waals surface area contributed by atoms with Gasteiger partial charge in [0.25, 0.3) is 0 Å². The summed E-state index contributed by atoms with van der Waals surface area (Å²) in [4.78, 5) is 10.2. The molecule has 1 aromatic carbocycles. The smallest absolute Gasteiger partial charge is 0.240 e. The van der Waals surface area contributed by atoms with Crippen molar-refractivity contribution in [2.24, 2.45) is 4.99 Å². The second-order valence-electron chi connectivity index (χ2n) is 5.70. The Morgan fingerprint density at radius 3 is 2.42 bits per heavy atom. The summed E-state index contributed by atoms with van der Waals surface area (Å²) in [6.45, 7) is 5.40. The minimum atomic E-state index is -3.40. The van der Waals surface area contributed by atoms with Gasteiger partial charge in [-0.05, 0) is 38.6 Å². The number of aryl methyl sites for hydroxylation is 2. The highest BCUT2D eigenvalue weighted by Gasteiger charge is 2.10. The Balaban J connectivity index is 1.83. The van der Waals surface area contributed by atoms with Crippen LogP contribution >= 0.6 is 11.3 Å². The minimum Gasteiger partial charge on any atom is -0.356 e. The molecule has 0 atom stereocenters. The number of guanidine groups is 1. The van der Waals surface area contributed by atoms with Crippen LogP contribution in [0.15, 0.2) is 34.2 Å². The van der Waals surface area contributed by atoms with Crippen molar-refractivity contribution >= 4 is 27.3 Å². The first-order valence-corrected chi connectivity index (χ1v) is 10.6. The fraction of sp³-hybridized carbons (Fsp3) is 0.412. The largest absolute Gasteiger partial charge is 0.356 e. The van der Waals surface area contributed by atoms with E-state index in [9.17, 15) is 8.42 Å². The Bertz CT molecular complexity index is 838. The lowest BCUT2D eigenvalue weighted by molar-refractivity contribution is 0.588. The molecule has 0 aliphatic rings. The lowest BCUT2D eigenvalue weighted by Crippen LogP contribution is -2.37. The normalized spacial score (nSPS) is 12.2. The van der Waals surface area contributed by atoms with Crippen LogP contribution in [0.3, 0.4) is 0 Å². The van der Waals surface area contributed by atoms with Gasteiger partial charge in [0, 0.05) is 31.4 Å². The molecule has 0 amide bonds. The first-order valence-electron chi connectivity index (χ1n) is 8.25. The summed E-state index contributed by atoms with van der Waals surface area (Å²) in [5.41, 5.74) is 2.06. The molecular weight excluding hydrogens is 370 g/mol. The van der Waals surface area contributed by atoms with Crippen LogP contribution in [-0.2, 0) is 23.0 Å². The van der Waals surface area contributed by atoms with Crippen molar-refractivity contribution < 1.29 is 8.42 Å². The molecule has 7 nitrogen and oxygen atoms in total. The van der Waals surface area contributed by atoms with Crippen LogP contribution in [0.2, 0.25) is 0 Å². The number of sulfonamides is 1. The molecule has 2 rings (SSSR count). The maximum atomic E-state index is 11.7. The lowest BCUT2D eigenvalue weighted by Gasteiger charge is -2.12. The molecule has 0 aliphatic carbocycles. The van der Waals surface area contributed by atoms with Crippen LogP contribution in [0.5, 0.6) is 0 Å². The molecule has 0 unspecified atom stereocenters. The van der Waals surface area contributed by atoms with Crippen molar-refractivity contribution in [3.8, 4) is 0 Å². The van der Waals surface area contributed by atoms with Gasteiger partial charge < -0.3 is 10.6 Å². The Morgan fingerprint density at radius 2 is 1.88 bits per heavy atom. The second-order valence-corrected chi connectivity index (χ2v) is 8.88. The van der Waals surface area contributed by atoms with Gasteiger partial charge in [0.1, 0.15) is 0 Å². The van der Waals surface area contributed by atoms with Gasteiger partial charge in [0.2, 0.25) is 10.0 Å². The van der Waals surface area contributed by atoms with Gasteiger partial charge in [-0.3, -0.25) is 4.99 Å². The highest BCUT2D eigenvalue weighted by Crippen LogP contribution is 2.16. The van der Waals surface area contributed by atoms with Gasteiger partial charge in [0.15, 0.2) is 5.96 Å². The molecule has 0 aliphatic heterocycles. The van der Waals surface area contributed by atoms with Crippen LogP contribution in [-0.4, -0.2) is 40.0 Å². The van der Waals surface area contributed by atoms with E-state index in [-0.39, 0.29) is 4.90 Å². The number of rotatable bonds is 7. The number of nitrogens with one attached hydrogen (secondary N) is 3. The molecule has 1 heterocycles. The molecule has 3 N–H and O–H groups in total. The molecule has 0 radical (unpaired) electrons. The quantitative estimate of drug-likeness (QED) is 0.489. The van der Waals surface area contributed by atoms with Gasteiger partial charge in [-0.2, -0.15) is 0 Å². The molecule has 9 heteroatoms. The number of aliphatic imine (C=N–C) groups is 1. The van der Waals surface area contributed by atoms with Crippen LogP contribution < -0.4 is 15.4 Å². The first kappa shape index (κ1) is 20.3. The average molecular weight is 396 g/mol. The van der Waals surface area contributed by atoms with Crippen LogP contribution in [0.1, 0.15) is 21.1 Å². The highest BCUT2D eigenvalue weighted by atomic mass is 32.2. The standard InChI is InChI=1S/C17H25N5O2S2/c1-12-13(2)25-16(22-12)9-10-20-17(18-3)21-11-14-5-7-15(8-6-14)26(23,24)19-4/h5-8,19H,9-11H2,1-4H3,(H2,18,20,21). The molecule has 0 saturated carbocycles. The van der Waals surface area contributed by atoms with E-state index >= 15 is 0 Å². The predicted octanol–water partition coefficient (Wildman–Crippen LogP) is 1.58. The minimum absolute atomic E-state index is 0.250. The molecular formula is C17H25N5O2S2. The summed E-state index contributed by atoms with van der Waals surface area (Å²) in [6, 6.07) is 6.75. The van der Waals surface area contributed by atoms with E-state index in [1.54, 1.807) is 42.6 Å². The molecule has 0 saturated heterocycles. The number of thiazole rings is 1. The molecule has 1 aromatic heterocycles. The molecule has 2 aromatic rings. The third-order valence-electron chi connectivity index (χ3n) is 3.89. The number of aromatic nitrogens is 1. The second kappa shape index (κ2) is 9.11. The summed E-state index contributed by atoms with van der Waals surface area (Å²) >= 11 is 1.72. The Hall–Kier alpha value is -1.97. The van der Waals surface area contributed by atoms with E-state index in [2.05, 4.69) is 32.3 Å². The van der Waals surface area contributed by atoms with Crippen molar-refractivity contribution in [3.63, 3.8) is 0 Å². The average Bonchev–Trinajstić information content (AvgIpc) is 2.96. The van der Waals surface area contributed by atoms with E-state index in [4.69, 9.17) is 0 Å². The fourth-order valence-corrected chi connectivity index (χ4v) is 3.91. The summed E-state index contributed by atoms with van der Waals surface area (Å²) in [7, 11) is -0.287. The molecule has 0 spiro atoms. The van der Waals surface area contributed by atoms with Crippen LogP contribution in [0.4, 0.5) is 0 Å². The Morgan fingerprint density at radius 1 is 1.19 bits per heavy atom. The maximum Gasteiger partial charge on any atom is 0.240 e. The van der Waals surface area contributed by atoms with Crippen molar-refractivity contribution in [3.05, 3.63) is 45.4 Å². The van der Waals surface area contributed by atoms with Gasteiger partial charge in [-0.15, -0.1) is 11.3 Å². The van der Waals surface area contributed by atoms with E-state index < -0.39 is 10.0 Å². The van der Waals surface area contributed by atoms with Crippen LogP contribution in [0, 0.1) is 13.8 Å². The van der Waals surface area contributed by atoms with E-state index in [1.165, 1.54) is 11.9 Å². The van der Waals surface area contributed by atoms with Crippen molar-refractivity contribution in [1.29, 1.82) is 0 Å². The van der Waals surface area contributed by atoms with Gasteiger partial charge >= 0.3 is 0 Å². The van der Waals surface area contributed by atoms with Crippen molar-refractivity contribution in [2.45, 2.75) is 31.7 Å². The zero-order chi connectivity index (χ0) is 19.2. The zero-order valence-electron chi connectivity index (χ0n) is 15.5. The van der Waals surface area contributed by atoms with Crippen molar-refractivity contribution in [2.75, 3.05) is 20.6 Å². The Kier molecular flexibility index (Phi) is 7.13. The number of nitrogens with zero attached hydrogens (tertiary/aromatic N) is 2. The molecule has 0 fully saturated rings. The van der Waals surface area contributed by atoms with E-state index in [0.29, 0.717) is 12.5 Å². The summed E-state index contributed by atoms with van der Waals surface area (Å²) in [5.74, 6) is 0.696. The van der Waals surface area contributed by atoms with Crippen molar-refractivity contribution in [1.82, 2.24) is 20.3 Å². The third-order valence-corrected chi connectivity index (χ3v) is 6.45. The topological polar surface area (TPSA) is 95.5 Å². The predicted molar refractivity (Wildman–Crippen MR) is 106 cm³/mol. The summed E-state index contributed by atoms with van der Waals surface area (Å²) < 4.78 is 25.7. The lowest BCUT2D eigenvalue weighted by atomic mass is 10.2. The monoisotopic (exact) mass is 395 g/mol. The SMILES string of the molecule is CN=C(NCCc1nc(C)c(C)s1)NCc1ccc(S(=O)(=O)NC)cc1.